The maximum atomic E-state index is 11.5. The molecular weight excluding hydrogens is 230 g/mol. The Balaban J connectivity index is 1.55. The molecular formula is C13H23N3O2. The van der Waals surface area contributed by atoms with Gasteiger partial charge in [0.1, 0.15) is 0 Å². The summed E-state index contributed by atoms with van der Waals surface area (Å²) in [6.45, 7) is 5.12. The van der Waals surface area contributed by atoms with E-state index in [-0.39, 0.29) is 6.03 Å². The molecule has 2 N–H and O–H groups in total. The quantitative estimate of drug-likeness (QED) is 0.788. The third kappa shape index (κ3) is 4.66. The zero-order valence-corrected chi connectivity index (χ0v) is 10.9. The number of carbonyl (C=O) groups is 1. The fourth-order valence-corrected chi connectivity index (χ4v) is 2.34. The number of allylic oxidation sites excluding steroid dienone is 1. The van der Waals surface area contributed by atoms with Crippen LogP contribution < -0.4 is 10.6 Å². The maximum Gasteiger partial charge on any atom is 0.318 e. The summed E-state index contributed by atoms with van der Waals surface area (Å²) < 4.78 is 5.27. The van der Waals surface area contributed by atoms with Gasteiger partial charge in [0.25, 0.3) is 0 Å². The SMILES string of the molecule is O=C(NC=C1CCCC1)NCCN1CCOCC1. The summed E-state index contributed by atoms with van der Waals surface area (Å²) in [5.41, 5.74) is 1.36. The highest BCUT2D eigenvalue weighted by Gasteiger charge is 2.10. The van der Waals surface area contributed by atoms with Crippen molar-refractivity contribution in [3.8, 4) is 0 Å². The van der Waals surface area contributed by atoms with Gasteiger partial charge in [-0.25, -0.2) is 4.79 Å². The zero-order valence-electron chi connectivity index (χ0n) is 10.9. The van der Waals surface area contributed by atoms with Crippen molar-refractivity contribution in [2.45, 2.75) is 25.7 Å². The average molecular weight is 253 g/mol. The Morgan fingerprint density at radius 3 is 2.72 bits per heavy atom. The monoisotopic (exact) mass is 253 g/mol. The molecule has 0 aromatic carbocycles. The van der Waals surface area contributed by atoms with Gasteiger partial charge in [0.05, 0.1) is 13.2 Å². The minimum atomic E-state index is -0.0948. The molecule has 5 heteroatoms. The van der Waals surface area contributed by atoms with Crippen LogP contribution in [-0.2, 0) is 4.74 Å². The molecule has 1 saturated heterocycles. The van der Waals surface area contributed by atoms with E-state index in [1.807, 2.05) is 6.20 Å². The van der Waals surface area contributed by atoms with Gasteiger partial charge in [-0.1, -0.05) is 5.57 Å². The van der Waals surface area contributed by atoms with Crippen LogP contribution in [0.1, 0.15) is 25.7 Å². The summed E-state index contributed by atoms with van der Waals surface area (Å²) in [7, 11) is 0. The van der Waals surface area contributed by atoms with Crippen molar-refractivity contribution in [2.75, 3.05) is 39.4 Å². The van der Waals surface area contributed by atoms with Crippen molar-refractivity contribution in [3.63, 3.8) is 0 Å². The Hall–Kier alpha value is -1.07. The number of nitrogens with one attached hydrogen (secondary N) is 2. The fraction of sp³-hybridized carbons (Fsp3) is 0.769. The molecule has 2 aliphatic rings. The Morgan fingerprint density at radius 2 is 2.00 bits per heavy atom. The van der Waals surface area contributed by atoms with E-state index in [0.717, 1.165) is 45.7 Å². The molecule has 0 spiro atoms. The molecule has 18 heavy (non-hydrogen) atoms. The lowest BCUT2D eigenvalue weighted by Crippen LogP contribution is -2.42. The van der Waals surface area contributed by atoms with Crippen LogP contribution in [0.15, 0.2) is 11.8 Å². The number of carbonyl (C=O) groups excluding carboxylic acids is 1. The molecule has 2 amide bonds. The summed E-state index contributed by atoms with van der Waals surface area (Å²) in [6.07, 6.45) is 6.65. The molecule has 0 aromatic heterocycles. The highest BCUT2D eigenvalue weighted by molar-refractivity contribution is 5.74. The Kier molecular flexibility index (Phi) is 5.48. The van der Waals surface area contributed by atoms with Crippen LogP contribution >= 0.6 is 0 Å². The number of ether oxygens (including phenoxy) is 1. The highest BCUT2D eigenvalue weighted by atomic mass is 16.5. The number of nitrogens with zero attached hydrogens (tertiary/aromatic N) is 1. The smallest absolute Gasteiger partial charge is 0.318 e. The van der Waals surface area contributed by atoms with E-state index in [4.69, 9.17) is 4.74 Å². The van der Waals surface area contributed by atoms with E-state index in [0.29, 0.717) is 6.54 Å². The molecule has 1 saturated carbocycles. The van der Waals surface area contributed by atoms with E-state index in [1.54, 1.807) is 0 Å². The number of morpholine rings is 1. The summed E-state index contributed by atoms with van der Waals surface area (Å²) in [5, 5.41) is 5.68. The molecule has 2 fully saturated rings. The van der Waals surface area contributed by atoms with E-state index in [2.05, 4.69) is 15.5 Å². The first-order valence-corrected chi connectivity index (χ1v) is 6.87. The van der Waals surface area contributed by atoms with Gasteiger partial charge in [0, 0.05) is 32.4 Å². The lowest BCUT2D eigenvalue weighted by Gasteiger charge is -2.26. The zero-order chi connectivity index (χ0) is 12.6. The molecule has 0 atom stereocenters. The minimum Gasteiger partial charge on any atom is -0.379 e. The largest absolute Gasteiger partial charge is 0.379 e. The van der Waals surface area contributed by atoms with Crippen LogP contribution in [0.2, 0.25) is 0 Å². The number of rotatable bonds is 4. The van der Waals surface area contributed by atoms with E-state index in [1.165, 1.54) is 18.4 Å². The number of amides is 2. The summed E-state index contributed by atoms with van der Waals surface area (Å²) in [4.78, 5) is 13.8. The summed E-state index contributed by atoms with van der Waals surface area (Å²) in [5.74, 6) is 0. The maximum absolute atomic E-state index is 11.5. The van der Waals surface area contributed by atoms with Crippen molar-refractivity contribution < 1.29 is 9.53 Å². The normalized spacial score (nSPS) is 20.8. The first-order valence-electron chi connectivity index (χ1n) is 6.87. The second-order valence-corrected chi connectivity index (χ2v) is 4.86. The van der Waals surface area contributed by atoms with E-state index < -0.39 is 0 Å². The van der Waals surface area contributed by atoms with Crippen LogP contribution in [0.5, 0.6) is 0 Å². The van der Waals surface area contributed by atoms with Crippen LogP contribution in [0, 0.1) is 0 Å². The Morgan fingerprint density at radius 1 is 1.28 bits per heavy atom. The number of hydrogen-bond donors (Lipinski definition) is 2. The van der Waals surface area contributed by atoms with Crippen molar-refractivity contribution >= 4 is 6.03 Å². The number of hydrogen-bond acceptors (Lipinski definition) is 3. The van der Waals surface area contributed by atoms with Gasteiger partial charge >= 0.3 is 6.03 Å². The third-order valence-corrected chi connectivity index (χ3v) is 3.47. The van der Waals surface area contributed by atoms with Crippen molar-refractivity contribution in [1.29, 1.82) is 0 Å². The fourth-order valence-electron chi connectivity index (χ4n) is 2.34. The van der Waals surface area contributed by atoms with Gasteiger partial charge in [-0.2, -0.15) is 0 Å². The minimum absolute atomic E-state index is 0.0948. The van der Waals surface area contributed by atoms with Gasteiger partial charge in [-0.15, -0.1) is 0 Å². The van der Waals surface area contributed by atoms with Gasteiger partial charge in [-0.05, 0) is 25.7 Å². The molecule has 1 heterocycles. The lowest BCUT2D eigenvalue weighted by atomic mass is 10.2. The van der Waals surface area contributed by atoms with Crippen LogP contribution in [0.4, 0.5) is 4.79 Å². The molecule has 0 bridgehead atoms. The van der Waals surface area contributed by atoms with Gasteiger partial charge in [0.2, 0.25) is 0 Å². The Bertz CT molecular complexity index is 291. The molecule has 5 nitrogen and oxygen atoms in total. The van der Waals surface area contributed by atoms with Crippen LogP contribution in [0.3, 0.4) is 0 Å². The van der Waals surface area contributed by atoms with Crippen molar-refractivity contribution in [1.82, 2.24) is 15.5 Å². The predicted molar refractivity (Wildman–Crippen MR) is 70.3 cm³/mol. The van der Waals surface area contributed by atoms with E-state index in [9.17, 15) is 4.79 Å². The summed E-state index contributed by atoms with van der Waals surface area (Å²) in [6, 6.07) is -0.0948. The van der Waals surface area contributed by atoms with Crippen molar-refractivity contribution in [3.05, 3.63) is 11.8 Å². The second-order valence-electron chi connectivity index (χ2n) is 4.86. The topological polar surface area (TPSA) is 53.6 Å². The van der Waals surface area contributed by atoms with Crippen LogP contribution in [0.25, 0.3) is 0 Å². The molecule has 0 aromatic rings. The second kappa shape index (κ2) is 7.38. The first-order chi connectivity index (χ1) is 8.84. The number of urea groups is 1. The molecule has 1 aliphatic heterocycles. The average Bonchev–Trinajstić information content (AvgIpc) is 2.91. The van der Waals surface area contributed by atoms with Gasteiger partial charge in [-0.3, -0.25) is 4.90 Å². The predicted octanol–water partition coefficient (Wildman–Crippen LogP) is 1.08. The third-order valence-electron chi connectivity index (χ3n) is 3.47. The first kappa shape index (κ1) is 13.4. The molecule has 0 unspecified atom stereocenters. The van der Waals surface area contributed by atoms with Crippen molar-refractivity contribution in [2.24, 2.45) is 0 Å². The lowest BCUT2D eigenvalue weighted by molar-refractivity contribution is 0.0387. The van der Waals surface area contributed by atoms with Crippen LogP contribution in [-0.4, -0.2) is 50.3 Å². The molecule has 1 aliphatic carbocycles. The van der Waals surface area contributed by atoms with E-state index >= 15 is 0 Å². The molecule has 102 valence electrons. The standard InChI is InChI=1S/C13H23N3O2/c17-13(15-11-12-3-1-2-4-12)14-5-6-16-7-9-18-10-8-16/h11H,1-10H2,(H2,14,15,17). The van der Waals surface area contributed by atoms with Gasteiger partial charge < -0.3 is 15.4 Å². The summed E-state index contributed by atoms with van der Waals surface area (Å²) >= 11 is 0. The molecule has 2 rings (SSSR count). The Labute approximate surface area is 109 Å². The van der Waals surface area contributed by atoms with Gasteiger partial charge in [0.15, 0.2) is 0 Å². The highest BCUT2D eigenvalue weighted by Crippen LogP contribution is 2.22. The molecule has 0 radical (unpaired) electrons.